The van der Waals surface area contributed by atoms with E-state index in [2.05, 4.69) is 23.8 Å². The molecule has 108 valence electrons. The molecule has 1 aromatic heterocycles. The van der Waals surface area contributed by atoms with Gasteiger partial charge in [-0.15, -0.1) is 0 Å². The van der Waals surface area contributed by atoms with Crippen LogP contribution in [0.25, 0.3) is 11.3 Å². The minimum Gasteiger partial charge on any atom is -0.300 e. The smallest absolute Gasteiger partial charge is 0.270 e. The Balaban J connectivity index is 2.50. The summed E-state index contributed by atoms with van der Waals surface area (Å²) in [4.78, 5) is 19.1. The van der Waals surface area contributed by atoms with Crippen molar-refractivity contribution in [1.29, 1.82) is 5.26 Å². The third-order valence-corrected chi connectivity index (χ3v) is 4.23. The second-order valence-electron chi connectivity index (χ2n) is 4.92. The molecule has 6 heteroatoms. The fourth-order valence-corrected chi connectivity index (χ4v) is 2.62. The summed E-state index contributed by atoms with van der Waals surface area (Å²) in [5.41, 5.74) is 0.701. The van der Waals surface area contributed by atoms with Gasteiger partial charge in [0.1, 0.15) is 11.6 Å². The van der Waals surface area contributed by atoms with Crippen molar-refractivity contribution in [1.82, 2.24) is 9.97 Å². The number of nitrogens with one attached hydrogen (secondary N) is 1. The molecule has 1 heterocycles. The highest BCUT2D eigenvalue weighted by Gasteiger charge is 2.13. The normalized spacial score (nSPS) is 10.6. The zero-order chi connectivity index (χ0) is 15.4. The van der Waals surface area contributed by atoms with Gasteiger partial charge in [0.15, 0.2) is 5.16 Å². The van der Waals surface area contributed by atoms with Crippen LogP contribution in [0.5, 0.6) is 0 Å². The molecule has 0 aliphatic carbocycles. The molecule has 0 fully saturated rings. The largest absolute Gasteiger partial charge is 0.300 e. The molecule has 0 saturated heterocycles. The third-order valence-electron chi connectivity index (χ3n) is 2.68. The maximum atomic E-state index is 12.0. The monoisotopic (exact) mass is 319 g/mol. The minimum absolute atomic E-state index is 0.0196. The van der Waals surface area contributed by atoms with Crippen LogP contribution in [0.1, 0.15) is 19.4 Å². The van der Waals surface area contributed by atoms with Crippen molar-refractivity contribution in [2.75, 3.05) is 5.75 Å². The Kier molecular flexibility index (Phi) is 5.05. The number of hydrogen-bond acceptors (Lipinski definition) is 4. The highest BCUT2D eigenvalue weighted by atomic mass is 35.5. The molecule has 2 rings (SSSR count). The number of H-pyrrole nitrogens is 1. The average Bonchev–Trinajstić information content (AvgIpc) is 2.45. The number of nitriles is 1. The van der Waals surface area contributed by atoms with Crippen molar-refractivity contribution in [2.45, 2.75) is 19.0 Å². The minimum atomic E-state index is -0.413. The van der Waals surface area contributed by atoms with Gasteiger partial charge in [0.2, 0.25) is 0 Å². The molecule has 0 amide bonds. The van der Waals surface area contributed by atoms with E-state index in [1.165, 1.54) is 11.8 Å². The molecule has 0 radical (unpaired) electrons. The topological polar surface area (TPSA) is 69.5 Å². The lowest BCUT2D eigenvalue weighted by atomic mass is 10.1. The Morgan fingerprint density at radius 2 is 2.05 bits per heavy atom. The van der Waals surface area contributed by atoms with Gasteiger partial charge in [-0.3, -0.25) is 4.79 Å². The molecule has 0 bridgehead atoms. The molecular weight excluding hydrogens is 306 g/mol. The first-order valence-corrected chi connectivity index (χ1v) is 7.80. The molecule has 1 aromatic carbocycles. The molecule has 1 N–H and O–H groups in total. The zero-order valence-electron chi connectivity index (χ0n) is 11.7. The summed E-state index contributed by atoms with van der Waals surface area (Å²) in [7, 11) is 0. The van der Waals surface area contributed by atoms with Crippen molar-refractivity contribution in [3.63, 3.8) is 0 Å². The number of aromatic nitrogens is 2. The summed E-state index contributed by atoms with van der Waals surface area (Å²) in [5.74, 6) is 1.32. The van der Waals surface area contributed by atoms with Crippen LogP contribution in [0, 0.1) is 17.2 Å². The summed E-state index contributed by atoms with van der Waals surface area (Å²) in [6, 6.07) is 8.84. The Labute approximate surface area is 132 Å². The van der Waals surface area contributed by atoms with E-state index in [0.29, 0.717) is 27.4 Å². The number of thioether (sulfide) groups is 1. The maximum Gasteiger partial charge on any atom is 0.270 e. The highest BCUT2D eigenvalue weighted by molar-refractivity contribution is 7.99. The molecule has 0 unspecified atom stereocenters. The van der Waals surface area contributed by atoms with E-state index in [1.807, 2.05) is 6.07 Å². The Bertz CT molecular complexity index is 732. The van der Waals surface area contributed by atoms with E-state index < -0.39 is 5.56 Å². The number of nitrogens with zero attached hydrogens (tertiary/aromatic N) is 2. The van der Waals surface area contributed by atoms with Crippen LogP contribution in [-0.2, 0) is 0 Å². The van der Waals surface area contributed by atoms with Gasteiger partial charge in [-0.1, -0.05) is 49.3 Å². The first-order valence-electron chi connectivity index (χ1n) is 6.44. The van der Waals surface area contributed by atoms with E-state index in [0.717, 1.165) is 5.75 Å². The molecule has 4 nitrogen and oxygen atoms in total. The lowest BCUT2D eigenvalue weighted by Crippen LogP contribution is -2.15. The molecule has 0 atom stereocenters. The molecule has 0 saturated carbocycles. The number of aromatic amines is 1. The third kappa shape index (κ3) is 3.87. The van der Waals surface area contributed by atoms with Crippen molar-refractivity contribution in [3.8, 4) is 17.3 Å². The summed E-state index contributed by atoms with van der Waals surface area (Å²) in [6.45, 7) is 4.18. The van der Waals surface area contributed by atoms with Crippen molar-refractivity contribution in [3.05, 3.63) is 45.2 Å². The predicted octanol–water partition coefficient (Wildman–Crippen LogP) is 3.71. The van der Waals surface area contributed by atoms with Crippen LogP contribution in [0.2, 0.25) is 5.02 Å². The summed E-state index contributed by atoms with van der Waals surface area (Å²) >= 11 is 7.33. The molecular formula is C15H14ClN3OS. The Morgan fingerprint density at radius 1 is 1.38 bits per heavy atom. The molecule has 2 aromatic rings. The zero-order valence-corrected chi connectivity index (χ0v) is 13.3. The van der Waals surface area contributed by atoms with Crippen LogP contribution in [0.15, 0.2) is 34.2 Å². The van der Waals surface area contributed by atoms with Crippen LogP contribution in [-0.4, -0.2) is 15.7 Å². The van der Waals surface area contributed by atoms with Crippen molar-refractivity contribution >= 4 is 23.4 Å². The van der Waals surface area contributed by atoms with Crippen LogP contribution < -0.4 is 5.56 Å². The fourth-order valence-electron chi connectivity index (χ4n) is 1.69. The second kappa shape index (κ2) is 6.79. The summed E-state index contributed by atoms with van der Waals surface area (Å²) < 4.78 is 0. The second-order valence-corrected chi connectivity index (χ2v) is 6.36. The Hall–Kier alpha value is -1.77. The lowest BCUT2D eigenvalue weighted by Gasteiger charge is -2.07. The van der Waals surface area contributed by atoms with Gasteiger partial charge in [0.25, 0.3) is 5.56 Å². The quantitative estimate of drug-likeness (QED) is 0.689. The molecule has 0 spiro atoms. The van der Waals surface area contributed by atoms with Crippen LogP contribution in [0.4, 0.5) is 0 Å². The molecule has 21 heavy (non-hydrogen) atoms. The predicted molar refractivity (Wildman–Crippen MR) is 85.6 cm³/mol. The van der Waals surface area contributed by atoms with Gasteiger partial charge >= 0.3 is 0 Å². The lowest BCUT2D eigenvalue weighted by molar-refractivity contribution is 0.747. The van der Waals surface area contributed by atoms with E-state index in [1.54, 1.807) is 24.3 Å². The number of rotatable bonds is 4. The highest BCUT2D eigenvalue weighted by Crippen LogP contribution is 2.24. The van der Waals surface area contributed by atoms with Gasteiger partial charge < -0.3 is 4.98 Å². The van der Waals surface area contributed by atoms with Crippen molar-refractivity contribution in [2.24, 2.45) is 5.92 Å². The fraction of sp³-hybridized carbons (Fsp3) is 0.267. The van der Waals surface area contributed by atoms with E-state index in [4.69, 9.17) is 11.6 Å². The molecule has 0 aliphatic heterocycles. The first-order chi connectivity index (χ1) is 10.0. The number of halogens is 1. The number of hydrogen-bond donors (Lipinski definition) is 1. The standard InChI is InChI=1S/C15H14ClN3OS/c1-9(2)8-21-15-18-13(12(7-17)14(20)19-15)10-3-5-11(16)6-4-10/h3-6,9H,8H2,1-2H3,(H,18,19,20). The summed E-state index contributed by atoms with van der Waals surface area (Å²) in [5, 5.41) is 10.3. The SMILES string of the molecule is CC(C)CSc1nc(-c2ccc(Cl)cc2)c(C#N)c(=O)[nH]1. The van der Waals surface area contributed by atoms with E-state index >= 15 is 0 Å². The molecule has 0 aliphatic rings. The van der Waals surface area contributed by atoms with Crippen LogP contribution >= 0.6 is 23.4 Å². The van der Waals surface area contributed by atoms with Gasteiger partial charge in [-0.25, -0.2) is 4.98 Å². The van der Waals surface area contributed by atoms with Crippen molar-refractivity contribution < 1.29 is 0 Å². The summed E-state index contributed by atoms with van der Waals surface area (Å²) in [6.07, 6.45) is 0. The van der Waals surface area contributed by atoms with E-state index in [-0.39, 0.29) is 5.56 Å². The van der Waals surface area contributed by atoms with Gasteiger partial charge in [0.05, 0.1) is 5.69 Å². The maximum absolute atomic E-state index is 12.0. The number of benzene rings is 1. The van der Waals surface area contributed by atoms with Gasteiger partial charge in [-0.05, 0) is 18.1 Å². The van der Waals surface area contributed by atoms with Crippen LogP contribution in [0.3, 0.4) is 0 Å². The van der Waals surface area contributed by atoms with Gasteiger partial charge in [0, 0.05) is 16.3 Å². The Morgan fingerprint density at radius 3 is 2.62 bits per heavy atom. The average molecular weight is 320 g/mol. The van der Waals surface area contributed by atoms with E-state index in [9.17, 15) is 10.1 Å². The first kappa shape index (κ1) is 15.6. The van der Waals surface area contributed by atoms with Gasteiger partial charge in [-0.2, -0.15) is 5.26 Å².